The van der Waals surface area contributed by atoms with Crippen molar-refractivity contribution in [2.24, 2.45) is 0 Å². The fourth-order valence-electron chi connectivity index (χ4n) is 1.58. The first-order chi connectivity index (χ1) is 9.40. The Hall–Kier alpha value is -2.70. The highest BCUT2D eigenvalue weighted by molar-refractivity contribution is 5.87. The van der Waals surface area contributed by atoms with E-state index in [4.69, 9.17) is 10.8 Å². The number of aromatic nitrogens is 1. The smallest absolute Gasteiger partial charge is 0.354 e. The molecule has 0 unspecified atom stereocenters. The van der Waals surface area contributed by atoms with Crippen molar-refractivity contribution in [3.63, 3.8) is 0 Å². The summed E-state index contributed by atoms with van der Waals surface area (Å²) in [6, 6.07) is 4.88. The van der Waals surface area contributed by atoms with Crippen molar-refractivity contribution < 1.29 is 18.7 Å². The lowest BCUT2D eigenvalue weighted by molar-refractivity contribution is 0.0690. The molecule has 0 atom stereocenters. The molecule has 5 nitrogen and oxygen atoms in total. The molecule has 0 saturated heterocycles. The maximum atomic E-state index is 13.9. The van der Waals surface area contributed by atoms with E-state index in [9.17, 15) is 13.6 Å². The molecule has 0 aliphatic carbocycles. The molecule has 4 N–H and O–H groups in total. The maximum Gasteiger partial charge on any atom is 0.354 e. The summed E-state index contributed by atoms with van der Waals surface area (Å²) in [4.78, 5) is 14.5. The third-order valence-electron chi connectivity index (χ3n) is 2.67. The van der Waals surface area contributed by atoms with E-state index in [0.717, 1.165) is 6.07 Å². The van der Waals surface area contributed by atoms with E-state index in [1.807, 2.05) is 0 Å². The van der Waals surface area contributed by atoms with E-state index in [-0.39, 0.29) is 22.8 Å². The number of nitrogens with two attached hydrogens (primary N) is 1. The number of pyridine rings is 1. The number of carbonyl (C=O) groups is 1. The van der Waals surface area contributed by atoms with Crippen LogP contribution in [-0.4, -0.2) is 16.1 Å². The normalized spacial score (nSPS) is 10.3. The lowest BCUT2D eigenvalue weighted by atomic mass is 10.2. The molecule has 1 aromatic carbocycles. The van der Waals surface area contributed by atoms with Crippen LogP contribution in [0.4, 0.5) is 26.0 Å². The summed E-state index contributed by atoms with van der Waals surface area (Å²) in [5, 5.41) is 11.2. The highest BCUT2D eigenvalue weighted by Gasteiger charge is 2.15. The number of carboxylic acids is 1. The lowest BCUT2D eigenvalue weighted by Gasteiger charge is -2.11. The van der Waals surface area contributed by atoms with Crippen molar-refractivity contribution in [1.29, 1.82) is 0 Å². The molecule has 104 valence electrons. The third-order valence-corrected chi connectivity index (χ3v) is 2.67. The van der Waals surface area contributed by atoms with Crippen LogP contribution in [0.3, 0.4) is 0 Å². The van der Waals surface area contributed by atoms with Gasteiger partial charge in [0.15, 0.2) is 17.3 Å². The Morgan fingerprint density at radius 2 is 2.00 bits per heavy atom. The van der Waals surface area contributed by atoms with E-state index >= 15 is 0 Å². The van der Waals surface area contributed by atoms with Crippen LogP contribution in [0.2, 0.25) is 0 Å². The Labute approximate surface area is 113 Å². The van der Waals surface area contributed by atoms with Gasteiger partial charge >= 0.3 is 5.97 Å². The number of hydrogen-bond acceptors (Lipinski definition) is 4. The van der Waals surface area contributed by atoms with Crippen molar-refractivity contribution in [3.8, 4) is 0 Å². The predicted molar refractivity (Wildman–Crippen MR) is 70.0 cm³/mol. The minimum Gasteiger partial charge on any atom is -0.477 e. The number of aryl methyl sites for hydroxylation is 1. The van der Waals surface area contributed by atoms with Crippen LogP contribution in [0.15, 0.2) is 24.3 Å². The van der Waals surface area contributed by atoms with Gasteiger partial charge in [0, 0.05) is 0 Å². The topological polar surface area (TPSA) is 88.2 Å². The van der Waals surface area contributed by atoms with Crippen LogP contribution in [0.25, 0.3) is 0 Å². The Balaban J connectivity index is 2.47. The van der Waals surface area contributed by atoms with Gasteiger partial charge in [0.05, 0.1) is 5.69 Å². The first-order valence-electron chi connectivity index (χ1n) is 5.61. The minimum atomic E-state index is -1.27. The number of nitrogens with zero attached hydrogens (tertiary/aromatic N) is 1. The molecule has 0 aliphatic rings. The molecular formula is C13H11F2N3O2. The molecular weight excluding hydrogens is 268 g/mol. The van der Waals surface area contributed by atoms with Gasteiger partial charge in [-0.25, -0.2) is 18.6 Å². The number of aromatic carboxylic acids is 1. The monoisotopic (exact) mass is 279 g/mol. The molecule has 0 fully saturated rings. The van der Waals surface area contributed by atoms with Crippen molar-refractivity contribution in [3.05, 3.63) is 47.2 Å². The van der Waals surface area contributed by atoms with Crippen LogP contribution in [0, 0.1) is 18.6 Å². The first kappa shape index (κ1) is 13.7. The SMILES string of the molecule is Cc1ccc(F)c(Nc2nc(C(=O)O)ccc2N)c1F. The number of rotatable bonds is 3. The Kier molecular flexibility index (Phi) is 3.51. The molecule has 0 aliphatic heterocycles. The average Bonchev–Trinajstić information content (AvgIpc) is 2.41. The quantitative estimate of drug-likeness (QED) is 0.804. The van der Waals surface area contributed by atoms with Crippen LogP contribution in [-0.2, 0) is 0 Å². The number of anilines is 3. The maximum absolute atomic E-state index is 13.9. The minimum absolute atomic E-state index is 0.0790. The number of nitrogens with one attached hydrogen (secondary N) is 1. The molecule has 1 heterocycles. The van der Waals surface area contributed by atoms with E-state index in [1.165, 1.54) is 25.1 Å². The molecule has 0 spiro atoms. The lowest BCUT2D eigenvalue weighted by Crippen LogP contribution is -2.07. The molecule has 0 bridgehead atoms. The zero-order valence-electron chi connectivity index (χ0n) is 10.4. The van der Waals surface area contributed by atoms with Gasteiger partial charge in [-0.15, -0.1) is 0 Å². The highest BCUT2D eigenvalue weighted by Crippen LogP contribution is 2.27. The summed E-state index contributed by atoms with van der Waals surface area (Å²) >= 11 is 0. The third kappa shape index (κ3) is 2.51. The van der Waals surface area contributed by atoms with Crippen LogP contribution >= 0.6 is 0 Å². The summed E-state index contributed by atoms with van der Waals surface area (Å²) in [6.45, 7) is 1.48. The summed E-state index contributed by atoms with van der Waals surface area (Å²) in [5.74, 6) is -2.99. The van der Waals surface area contributed by atoms with Gasteiger partial charge in [-0.05, 0) is 30.7 Å². The Bertz CT molecular complexity index is 690. The predicted octanol–water partition coefficient (Wildman–Crippen LogP) is 2.69. The second-order valence-corrected chi connectivity index (χ2v) is 4.12. The van der Waals surface area contributed by atoms with Crippen LogP contribution in [0.5, 0.6) is 0 Å². The second-order valence-electron chi connectivity index (χ2n) is 4.12. The van der Waals surface area contributed by atoms with Crippen molar-refractivity contribution in [2.75, 3.05) is 11.1 Å². The van der Waals surface area contributed by atoms with Gasteiger partial charge in [0.2, 0.25) is 0 Å². The molecule has 7 heteroatoms. The molecule has 2 aromatic rings. The summed E-state index contributed by atoms with van der Waals surface area (Å²) in [6.07, 6.45) is 0. The second kappa shape index (κ2) is 5.12. The number of hydrogen-bond donors (Lipinski definition) is 3. The summed E-state index contributed by atoms with van der Waals surface area (Å²) < 4.78 is 27.5. The van der Waals surface area contributed by atoms with Gasteiger partial charge in [0.1, 0.15) is 11.5 Å². The largest absolute Gasteiger partial charge is 0.477 e. The zero-order chi connectivity index (χ0) is 14.9. The van der Waals surface area contributed by atoms with Gasteiger partial charge in [0.25, 0.3) is 0 Å². The standard InChI is InChI=1S/C13H11F2N3O2/c1-6-2-3-7(14)11(10(6)15)18-12-8(16)4-5-9(17-12)13(19)20/h2-5H,16H2,1H3,(H,17,18)(H,19,20). The van der Waals surface area contributed by atoms with Gasteiger partial charge < -0.3 is 16.2 Å². The van der Waals surface area contributed by atoms with E-state index < -0.39 is 23.3 Å². The van der Waals surface area contributed by atoms with Crippen LogP contribution in [0.1, 0.15) is 16.1 Å². The van der Waals surface area contributed by atoms with E-state index in [2.05, 4.69) is 10.3 Å². The Morgan fingerprint density at radius 3 is 2.65 bits per heavy atom. The molecule has 0 radical (unpaired) electrons. The Morgan fingerprint density at radius 1 is 1.30 bits per heavy atom. The van der Waals surface area contributed by atoms with Gasteiger partial charge in [-0.1, -0.05) is 6.07 Å². The van der Waals surface area contributed by atoms with Gasteiger partial charge in [-0.3, -0.25) is 0 Å². The fraction of sp³-hybridized carbons (Fsp3) is 0.0769. The molecule has 2 rings (SSSR count). The fourth-order valence-corrected chi connectivity index (χ4v) is 1.58. The number of carboxylic acid groups (broad SMARTS) is 1. The number of benzene rings is 1. The molecule has 0 amide bonds. The zero-order valence-corrected chi connectivity index (χ0v) is 10.4. The highest BCUT2D eigenvalue weighted by atomic mass is 19.1. The summed E-state index contributed by atoms with van der Waals surface area (Å²) in [7, 11) is 0. The number of nitrogen functional groups attached to an aromatic ring is 1. The van der Waals surface area contributed by atoms with Crippen molar-refractivity contribution >= 4 is 23.2 Å². The first-order valence-corrected chi connectivity index (χ1v) is 5.61. The van der Waals surface area contributed by atoms with Crippen molar-refractivity contribution in [2.45, 2.75) is 6.92 Å². The summed E-state index contributed by atoms with van der Waals surface area (Å²) in [5.41, 5.74) is 5.22. The average molecular weight is 279 g/mol. The molecule has 0 saturated carbocycles. The van der Waals surface area contributed by atoms with Crippen LogP contribution < -0.4 is 11.1 Å². The molecule has 1 aromatic heterocycles. The van der Waals surface area contributed by atoms with E-state index in [1.54, 1.807) is 0 Å². The van der Waals surface area contributed by atoms with E-state index in [0.29, 0.717) is 0 Å². The number of halogens is 2. The van der Waals surface area contributed by atoms with Crippen molar-refractivity contribution in [1.82, 2.24) is 4.98 Å². The molecule has 20 heavy (non-hydrogen) atoms. The van der Waals surface area contributed by atoms with Gasteiger partial charge in [-0.2, -0.15) is 0 Å².